The third-order valence-corrected chi connectivity index (χ3v) is 3.52. The number of aliphatic hydroxyl groups excluding tert-OH is 1. The van der Waals surface area contributed by atoms with E-state index in [1.165, 1.54) is 16.7 Å². The molecule has 2 heteroatoms. The average Bonchev–Trinajstić information content (AvgIpc) is 2.47. The van der Waals surface area contributed by atoms with E-state index in [4.69, 9.17) is 10.4 Å². The SMILES string of the molecule is OCc1ccc(C2[N]CCc3ccccc32)cc1. The molecule has 2 aromatic rings. The van der Waals surface area contributed by atoms with E-state index < -0.39 is 0 Å². The topological polar surface area (TPSA) is 34.3 Å². The Balaban J connectivity index is 1.97. The number of hydrogen-bond acceptors (Lipinski definition) is 1. The van der Waals surface area contributed by atoms with Crippen molar-refractivity contribution in [3.63, 3.8) is 0 Å². The first kappa shape index (κ1) is 11.5. The molecule has 1 aliphatic heterocycles. The van der Waals surface area contributed by atoms with E-state index in [9.17, 15) is 0 Å². The highest BCUT2D eigenvalue weighted by molar-refractivity contribution is 5.40. The molecule has 0 aromatic heterocycles. The van der Waals surface area contributed by atoms with E-state index >= 15 is 0 Å². The normalized spacial score (nSPS) is 18.4. The van der Waals surface area contributed by atoms with Crippen LogP contribution in [0.5, 0.6) is 0 Å². The second kappa shape index (κ2) is 4.92. The van der Waals surface area contributed by atoms with Crippen LogP contribution in [-0.2, 0) is 13.0 Å². The Kier molecular flexibility index (Phi) is 3.13. The van der Waals surface area contributed by atoms with E-state index in [1.807, 2.05) is 12.1 Å². The molecule has 1 atom stereocenters. The number of rotatable bonds is 2. The Hall–Kier alpha value is -1.64. The van der Waals surface area contributed by atoms with Gasteiger partial charge in [-0.05, 0) is 28.7 Å². The zero-order valence-corrected chi connectivity index (χ0v) is 10.2. The molecule has 18 heavy (non-hydrogen) atoms. The van der Waals surface area contributed by atoms with Crippen molar-refractivity contribution in [2.75, 3.05) is 6.54 Å². The van der Waals surface area contributed by atoms with Crippen LogP contribution in [-0.4, -0.2) is 11.7 Å². The second-order valence-corrected chi connectivity index (χ2v) is 4.66. The molecule has 0 amide bonds. The Morgan fingerprint density at radius 3 is 2.61 bits per heavy atom. The van der Waals surface area contributed by atoms with Crippen LogP contribution in [0.2, 0.25) is 0 Å². The Morgan fingerprint density at radius 1 is 1.06 bits per heavy atom. The lowest BCUT2D eigenvalue weighted by atomic mass is 9.90. The van der Waals surface area contributed by atoms with Gasteiger partial charge in [-0.3, -0.25) is 0 Å². The van der Waals surface area contributed by atoms with E-state index in [2.05, 4.69) is 36.4 Å². The van der Waals surface area contributed by atoms with Gasteiger partial charge in [-0.1, -0.05) is 48.5 Å². The zero-order valence-electron chi connectivity index (χ0n) is 10.2. The molecule has 1 radical (unpaired) electrons. The van der Waals surface area contributed by atoms with Gasteiger partial charge in [-0.2, -0.15) is 0 Å². The van der Waals surface area contributed by atoms with Gasteiger partial charge in [0.2, 0.25) is 0 Å². The van der Waals surface area contributed by atoms with Gasteiger partial charge in [0.05, 0.1) is 12.6 Å². The summed E-state index contributed by atoms with van der Waals surface area (Å²) in [6.45, 7) is 0.988. The van der Waals surface area contributed by atoms with Crippen LogP contribution in [0.4, 0.5) is 0 Å². The Morgan fingerprint density at radius 2 is 1.83 bits per heavy atom. The summed E-state index contributed by atoms with van der Waals surface area (Å²) in [5.41, 5.74) is 4.88. The number of fused-ring (bicyclic) bond motifs is 1. The molecule has 0 fully saturated rings. The molecular weight excluding hydrogens is 222 g/mol. The highest BCUT2D eigenvalue weighted by Crippen LogP contribution is 2.29. The molecule has 0 bridgehead atoms. The predicted octanol–water partition coefficient (Wildman–Crippen LogP) is 2.43. The molecule has 2 nitrogen and oxygen atoms in total. The quantitative estimate of drug-likeness (QED) is 0.856. The fraction of sp³-hybridized carbons (Fsp3) is 0.250. The van der Waals surface area contributed by atoms with Gasteiger partial charge in [-0.15, -0.1) is 0 Å². The number of aliphatic hydroxyl groups is 1. The van der Waals surface area contributed by atoms with Crippen LogP contribution in [0.15, 0.2) is 48.5 Å². The summed E-state index contributed by atoms with van der Waals surface area (Å²) >= 11 is 0. The van der Waals surface area contributed by atoms with Crippen molar-refractivity contribution in [3.05, 3.63) is 70.8 Å². The smallest absolute Gasteiger partial charge is 0.0748 e. The summed E-state index contributed by atoms with van der Waals surface area (Å²) in [7, 11) is 0. The first-order chi connectivity index (χ1) is 8.88. The maximum Gasteiger partial charge on any atom is 0.0748 e. The standard InChI is InChI=1S/C16H16NO/c18-11-12-5-7-14(8-6-12)16-15-4-2-1-3-13(15)9-10-17-16/h1-8,16,18H,9-11H2. The van der Waals surface area contributed by atoms with Gasteiger partial charge in [0.1, 0.15) is 0 Å². The van der Waals surface area contributed by atoms with Gasteiger partial charge < -0.3 is 5.11 Å². The van der Waals surface area contributed by atoms with Gasteiger partial charge in [0, 0.05) is 6.54 Å². The number of nitrogens with zero attached hydrogens (tertiary/aromatic N) is 1. The Bertz CT molecular complexity index is 533. The van der Waals surface area contributed by atoms with E-state index in [0.29, 0.717) is 0 Å². The van der Waals surface area contributed by atoms with Crippen molar-refractivity contribution < 1.29 is 5.11 Å². The molecule has 0 saturated heterocycles. The van der Waals surface area contributed by atoms with Crippen molar-refractivity contribution >= 4 is 0 Å². The monoisotopic (exact) mass is 238 g/mol. The second-order valence-electron chi connectivity index (χ2n) is 4.66. The molecular formula is C16H16NO. The minimum absolute atomic E-state index is 0.0959. The van der Waals surface area contributed by atoms with Gasteiger partial charge in [0.25, 0.3) is 0 Å². The van der Waals surface area contributed by atoms with Gasteiger partial charge in [-0.25, -0.2) is 5.32 Å². The molecule has 91 valence electrons. The van der Waals surface area contributed by atoms with E-state index in [0.717, 1.165) is 18.5 Å². The van der Waals surface area contributed by atoms with Gasteiger partial charge in [0.15, 0.2) is 0 Å². The molecule has 1 N–H and O–H groups in total. The molecule has 1 unspecified atom stereocenters. The largest absolute Gasteiger partial charge is 0.392 e. The zero-order chi connectivity index (χ0) is 12.4. The lowest BCUT2D eigenvalue weighted by molar-refractivity contribution is 0.282. The summed E-state index contributed by atoms with van der Waals surface area (Å²) in [6.07, 6.45) is 1.04. The lowest BCUT2D eigenvalue weighted by Crippen LogP contribution is -2.24. The maximum atomic E-state index is 9.07. The van der Waals surface area contributed by atoms with Gasteiger partial charge >= 0.3 is 0 Å². The molecule has 3 rings (SSSR count). The lowest BCUT2D eigenvalue weighted by Gasteiger charge is -2.25. The summed E-state index contributed by atoms with van der Waals surface area (Å²) in [4.78, 5) is 0. The van der Waals surface area contributed by atoms with Crippen molar-refractivity contribution in [2.45, 2.75) is 19.1 Å². The van der Waals surface area contributed by atoms with E-state index in [-0.39, 0.29) is 12.6 Å². The average molecular weight is 238 g/mol. The molecule has 0 spiro atoms. The number of benzene rings is 2. The van der Waals surface area contributed by atoms with Crippen molar-refractivity contribution in [1.82, 2.24) is 5.32 Å². The summed E-state index contributed by atoms with van der Waals surface area (Å²) in [6, 6.07) is 16.8. The van der Waals surface area contributed by atoms with Crippen molar-refractivity contribution in [1.29, 1.82) is 0 Å². The van der Waals surface area contributed by atoms with Crippen molar-refractivity contribution in [3.8, 4) is 0 Å². The van der Waals surface area contributed by atoms with Crippen molar-refractivity contribution in [2.24, 2.45) is 0 Å². The fourth-order valence-electron chi connectivity index (χ4n) is 2.53. The molecule has 2 aromatic carbocycles. The van der Waals surface area contributed by atoms with Crippen LogP contribution in [0.3, 0.4) is 0 Å². The molecule has 1 aliphatic rings. The molecule has 0 saturated carbocycles. The minimum atomic E-state index is 0.0959. The van der Waals surface area contributed by atoms with Crippen LogP contribution in [0.1, 0.15) is 28.3 Å². The van der Waals surface area contributed by atoms with Crippen LogP contribution in [0.25, 0.3) is 0 Å². The van der Waals surface area contributed by atoms with Crippen LogP contribution < -0.4 is 5.32 Å². The third-order valence-electron chi connectivity index (χ3n) is 3.52. The summed E-state index contributed by atoms with van der Waals surface area (Å²) in [5.74, 6) is 0. The minimum Gasteiger partial charge on any atom is -0.392 e. The maximum absolute atomic E-state index is 9.07. The summed E-state index contributed by atoms with van der Waals surface area (Å²) < 4.78 is 0. The first-order valence-electron chi connectivity index (χ1n) is 6.32. The summed E-state index contributed by atoms with van der Waals surface area (Å²) in [5, 5.41) is 13.8. The van der Waals surface area contributed by atoms with Crippen LogP contribution in [0, 0.1) is 0 Å². The highest BCUT2D eigenvalue weighted by Gasteiger charge is 2.21. The first-order valence-corrected chi connectivity index (χ1v) is 6.32. The predicted molar refractivity (Wildman–Crippen MR) is 71.4 cm³/mol. The van der Waals surface area contributed by atoms with Crippen LogP contribution >= 0.6 is 0 Å². The molecule has 1 heterocycles. The number of hydrogen-bond donors (Lipinski definition) is 1. The Labute approximate surface area is 107 Å². The van der Waals surface area contributed by atoms with E-state index in [1.54, 1.807) is 0 Å². The molecule has 0 aliphatic carbocycles. The third kappa shape index (κ3) is 2.05. The fourth-order valence-corrected chi connectivity index (χ4v) is 2.53. The highest BCUT2D eigenvalue weighted by atomic mass is 16.3.